The number of hydrogen-bond acceptors (Lipinski definition) is 5. The second kappa shape index (κ2) is 7.35. The molecule has 0 fully saturated rings. The van der Waals surface area contributed by atoms with Gasteiger partial charge in [-0.3, -0.25) is 0 Å². The van der Waals surface area contributed by atoms with Crippen LogP contribution in [0.25, 0.3) is 5.76 Å². The van der Waals surface area contributed by atoms with Gasteiger partial charge in [-0.2, -0.15) is 21.6 Å². The van der Waals surface area contributed by atoms with Gasteiger partial charge >= 0.3 is 21.6 Å². The molecule has 0 atom stereocenters. The summed E-state index contributed by atoms with van der Waals surface area (Å²) in [6.45, 7) is 3.47. The molecule has 0 bridgehead atoms. The summed E-state index contributed by atoms with van der Waals surface area (Å²) in [5, 5.41) is 9.00. The number of hydrogen-bond donors (Lipinski definition) is 1. The molecule has 0 spiro atoms. The largest absolute Gasteiger partial charge is 0.534 e. The predicted molar refractivity (Wildman–Crippen MR) is 101 cm³/mol. The molecule has 1 aliphatic carbocycles. The number of carboxylic acid groups (broad SMARTS) is 1. The highest BCUT2D eigenvalue weighted by atomic mass is 32.2. The summed E-state index contributed by atoms with van der Waals surface area (Å²) in [5.74, 6) is -1.19. The fraction of sp³-hybridized carbons (Fsp3) is 0.250. The Balaban J connectivity index is 1.84. The SMILES string of the molecule is CC(C)(Oc1ccc2c(c1)C(OS(=O)(=O)C(F)(F)F)=CC2)c1ccc(C(=O)O)cc1. The monoisotopic (exact) mass is 442 g/mol. The van der Waals surface area contributed by atoms with Crippen LogP contribution in [0.15, 0.2) is 48.5 Å². The second-order valence-corrected chi connectivity index (χ2v) is 8.61. The minimum absolute atomic E-state index is 0.116. The van der Waals surface area contributed by atoms with E-state index in [-0.39, 0.29) is 23.3 Å². The number of fused-ring (bicyclic) bond motifs is 1. The summed E-state index contributed by atoms with van der Waals surface area (Å²) >= 11 is 0. The van der Waals surface area contributed by atoms with Crippen molar-refractivity contribution in [3.63, 3.8) is 0 Å². The number of halogens is 3. The van der Waals surface area contributed by atoms with Crippen molar-refractivity contribution in [2.45, 2.75) is 31.4 Å². The van der Waals surface area contributed by atoms with Crippen LogP contribution in [0.5, 0.6) is 5.75 Å². The molecule has 2 aromatic carbocycles. The average molecular weight is 442 g/mol. The van der Waals surface area contributed by atoms with Crippen LogP contribution in [0.1, 0.15) is 40.9 Å². The summed E-state index contributed by atoms with van der Waals surface area (Å²) in [7, 11) is -5.78. The Morgan fingerprint density at radius 3 is 2.27 bits per heavy atom. The Morgan fingerprint density at radius 1 is 1.07 bits per heavy atom. The highest BCUT2D eigenvalue weighted by Gasteiger charge is 2.49. The lowest BCUT2D eigenvalue weighted by molar-refractivity contribution is -0.0509. The summed E-state index contributed by atoms with van der Waals surface area (Å²) in [5.41, 5.74) is -4.87. The van der Waals surface area contributed by atoms with Gasteiger partial charge in [-0.15, -0.1) is 0 Å². The number of ether oxygens (including phenoxy) is 1. The molecule has 6 nitrogen and oxygen atoms in total. The van der Waals surface area contributed by atoms with Crippen LogP contribution in [-0.2, 0) is 26.3 Å². The van der Waals surface area contributed by atoms with Crippen LogP contribution in [0, 0.1) is 0 Å². The highest BCUT2D eigenvalue weighted by molar-refractivity contribution is 7.87. The number of aromatic carboxylic acids is 1. The van der Waals surface area contributed by atoms with Gasteiger partial charge < -0.3 is 14.0 Å². The van der Waals surface area contributed by atoms with Crippen LogP contribution in [-0.4, -0.2) is 25.0 Å². The number of carbonyl (C=O) groups is 1. The van der Waals surface area contributed by atoms with E-state index in [2.05, 4.69) is 4.18 Å². The Bertz CT molecular complexity index is 1120. The van der Waals surface area contributed by atoms with Crippen molar-refractivity contribution >= 4 is 21.8 Å². The van der Waals surface area contributed by atoms with E-state index in [0.717, 1.165) is 0 Å². The number of carboxylic acids is 1. The normalized spacial score (nSPS) is 14.1. The molecule has 160 valence electrons. The third-order valence-electron chi connectivity index (χ3n) is 4.54. The Hall–Kier alpha value is -3.01. The maximum atomic E-state index is 12.6. The summed E-state index contributed by atoms with van der Waals surface area (Å²) in [4.78, 5) is 11.0. The molecule has 1 N–H and O–H groups in total. The van der Waals surface area contributed by atoms with Gasteiger partial charge in [0.1, 0.15) is 17.1 Å². The summed E-state index contributed by atoms with van der Waals surface area (Å²) < 4.78 is 70.8. The molecule has 10 heteroatoms. The van der Waals surface area contributed by atoms with Crippen molar-refractivity contribution in [3.8, 4) is 5.75 Å². The third-order valence-corrected chi connectivity index (χ3v) is 5.50. The smallest absolute Gasteiger partial charge is 0.483 e. The molecular weight excluding hydrogens is 425 g/mol. The first-order chi connectivity index (χ1) is 13.8. The molecule has 0 heterocycles. The molecule has 0 saturated carbocycles. The molecule has 30 heavy (non-hydrogen) atoms. The van der Waals surface area contributed by atoms with E-state index in [9.17, 15) is 26.4 Å². The van der Waals surface area contributed by atoms with Crippen molar-refractivity contribution in [1.82, 2.24) is 0 Å². The van der Waals surface area contributed by atoms with Crippen molar-refractivity contribution in [2.24, 2.45) is 0 Å². The zero-order valence-electron chi connectivity index (χ0n) is 15.9. The van der Waals surface area contributed by atoms with Crippen LogP contribution < -0.4 is 4.74 Å². The van der Waals surface area contributed by atoms with Crippen LogP contribution in [0.3, 0.4) is 0 Å². The lowest BCUT2D eigenvalue weighted by Crippen LogP contribution is -2.25. The van der Waals surface area contributed by atoms with E-state index in [1.54, 1.807) is 38.1 Å². The average Bonchev–Trinajstić information content (AvgIpc) is 3.02. The molecule has 0 saturated heterocycles. The fourth-order valence-corrected chi connectivity index (χ4v) is 3.44. The number of benzene rings is 2. The van der Waals surface area contributed by atoms with Gasteiger partial charge in [0.15, 0.2) is 0 Å². The first-order valence-corrected chi connectivity index (χ1v) is 10.1. The third kappa shape index (κ3) is 4.28. The first kappa shape index (κ1) is 21.7. The zero-order chi connectivity index (χ0) is 22.3. The quantitative estimate of drug-likeness (QED) is 0.525. The Morgan fingerprint density at radius 2 is 1.70 bits per heavy atom. The van der Waals surface area contributed by atoms with Gasteiger partial charge in [0, 0.05) is 5.56 Å². The minimum Gasteiger partial charge on any atom is -0.483 e. The van der Waals surface area contributed by atoms with Gasteiger partial charge in [-0.05, 0) is 61.7 Å². The van der Waals surface area contributed by atoms with Crippen molar-refractivity contribution in [3.05, 3.63) is 70.8 Å². The first-order valence-electron chi connectivity index (χ1n) is 8.67. The maximum absolute atomic E-state index is 12.6. The molecule has 3 rings (SSSR count). The summed E-state index contributed by atoms with van der Waals surface area (Å²) in [6.07, 6.45) is 1.48. The molecule has 0 aromatic heterocycles. The van der Waals surface area contributed by atoms with Gasteiger partial charge in [-0.25, -0.2) is 4.79 Å². The second-order valence-electron chi connectivity index (χ2n) is 7.07. The van der Waals surface area contributed by atoms with Crippen molar-refractivity contribution in [1.29, 1.82) is 0 Å². The molecule has 0 aliphatic heterocycles. The Kier molecular flexibility index (Phi) is 5.32. The molecule has 1 aliphatic rings. The standard InChI is InChI=1S/C20H17F3O6S/c1-19(2,14-7-3-13(4-8-14)18(24)25)28-15-9-5-12-6-10-17(16(12)11-15)29-30(26,27)20(21,22)23/h3-5,7-11H,6H2,1-2H3,(H,24,25). The van der Waals surface area contributed by atoms with Crippen LogP contribution in [0.2, 0.25) is 0 Å². The van der Waals surface area contributed by atoms with E-state index in [1.165, 1.54) is 24.3 Å². The maximum Gasteiger partial charge on any atom is 0.534 e. The summed E-state index contributed by atoms with van der Waals surface area (Å²) in [6, 6.07) is 10.7. The van der Waals surface area contributed by atoms with E-state index in [0.29, 0.717) is 11.1 Å². The zero-order valence-corrected chi connectivity index (χ0v) is 16.7. The van der Waals surface area contributed by atoms with Crippen molar-refractivity contribution in [2.75, 3.05) is 0 Å². The van der Waals surface area contributed by atoms with Crippen molar-refractivity contribution < 1.29 is 40.4 Å². The van der Waals surface area contributed by atoms with E-state index < -0.39 is 33.0 Å². The van der Waals surface area contributed by atoms with E-state index >= 15 is 0 Å². The van der Waals surface area contributed by atoms with Gasteiger partial charge in [-0.1, -0.05) is 18.2 Å². The molecule has 2 aromatic rings. The highest BCUT2D eigenvalue weighted by Crippen LogP contribution is 2.37. The molecule has 0 unspecified atom stereocenters. The van der Waals surface area contributed by atoms with Gasteiger partial charge in [0.2, 0.25) is 0 Å². The molecule has 0 radical (unpaired) electrons. The predicted octanol–water partition coefficient (Wildman–Crippen LogP) is 4.46. The minimum atomic E-state index is -5.78. The van der Waals surface area contributed by atoms with E-state index in [1.807, 2.05) is 0 Å². The van der Waals surface area contributed by atoms with E-state index in [4.69, 9.17) is 9.84 Å². The number of rotatable bonds is 6. The lowest BCUT2D eigenvalue weighted by Gasteiger charge is -2.27. The number of allylic oxidation sites excluding steroid dienone is 1. The fourth-order valence-electron chi connectivity index (χ4n) is 2.95. The lowest BCUT2D eigenvalue weighted by atomic mass is 9.96. The van der Waals surface area contributed by atoms with Gasteiger partial charge in [0.25, 0.3) is 0 Å². The molecular formula is C20H17F3O6S. The number of alkyl halides is 3. The van der Waals surface area contributed by atoms with Gasteiger partial charge in [0.05, 0.1) is 5.56 Å². The van der Waals surface area contributed by atoms with Crippen LogP contribution in [0.4, 0.5) is 13.2 Å². The molecule has 0 amide bonds. The topological polar surface area (TPSA) is 89.9 Å². The Labute approximate surface area is 170 Å². The van der Waals surface area contributed by atoms with Crippen LogP contribution >= 0.6 is 0 Å².